The first-order chi connectivity index (χ1) is 13.0. The first kappa shape index (κ1) is 24.2. The van der Waals surface area contributed by atoms with Gasteiger partial charge in [-0.1, -0.05) is 49.7 Å². The van der Waals surface area contributed by atoms with Crippen molar-refractivity contribution in [2.75, 3.05) is 12.4 Å². The van der Waals surface area contributed by atoms with Gasteiger partial charge in [0.1, 0.15) is 0 Å². The van der Waals surface area contributed by atoms with Crippen LogP contribution in [0.25, 0.3) is 0 Å². The number of guanidine groups is 1. The molecule has 0 aliphatic heterocycles. The molecule has 5 nitrogen and oxygen atoms in total. The second-order valence-electron chi connectivity index (χ2n) is 6.76. The van der Waals surface area contributed by atoms with Gasteiger partial charge in [-0.15, -0.1) is 24.0 Å². The molecule has 0 bridgehead atoms. The Bertz CT molecular complexity index is 795. The van der Waals surface area contributed by atoms with Crippen LogP contribution in [0.4, 0.5) is 5.69 Å². The summed E-state index contributed by atoms with van der Waals surface area (Å²) in [6.45, 7) is 5.29. The van der Waals surface area contributed by atoms with E-state index in [0.29, 0.717) is 36.4 Å². The summed E-state index contributed by atoms with van der Waals surface area (Å²) < 4.78 is 0. The Kier molecular flexibility index (Phi) is 10.9. The van der Waals surface area contributed by atoms with Gasteiger partial charge in [0.15, 0.2) is 5.96 Å². The standard InChI is InChI=1S/C21H27ClN4O.HI/c1-15(2)10-20(27)26-19-9-5-7-17(12-19)14-25-21(23-3)24-13-16-6-4-8-18(22)11-16;/h4-9,11-12,15H,10,13-14H2,1-3H3,(H,26,27)(H2,23,24,25);1H. The van der Waals surface area contributed by atoms with Crippen molar-refractivity contribution in [3.8, 4) is 0 Å². The van der Waals surface area contributed by atoms with Crippen LogP contribution >= 0.6 is 35.6 Å². The molecule has 28 heavy (non-hydrogen) atoms. The van der Waals surface area contributed by atoms with Crippen molar-refractivity contribution in [2.24, 2.45) is 10.9 Å². The van der Waals surface area contributed by atoms with E-state index in [0.717, 1.165) is 16.8 Å². The van der Waals surface area contributed by atoms with Crippen LogP contribution in [-0.4, -0.2) is 18.9 Å². The summed E-state index contributed by atoms with van der Waals surface area (Å²) in [5.74, 6) is 1.07. The number of aliphatic imine (C=N–C) groups is 1. The Balaban J connectivity index is 0.00000392. The summed E-state index contributed by atoms with van der Waals surface area (Å²) in [5.41, 5.74) is 2.95. The van der Waals surface area contributed by atoms with Gasteiger partial charge in [-0.2, -0.15) is 0 Å². The minimum absolute atomic E-state index is 0. The van der Waals surface area contributed by atoms with Gasteiger partial charge in [-0.05, 0) is 41.3 Å². The van der Waals surface area contributed by atoms with E-state index in [1.54, 1.807) is 7.05 Å². The van der Waals surface area contributed by atoms with Gasteiger partial charge >= 0.3 is 0 Å². The number of rotatable bonds is 7. The number of hydrogen-bond acceptors (Lipinski definition) is 2. The predicted octanol–water partition coefficient (Wildman–Crippen LogP) is 4.81. The van der Waals surface area contributed by atoms with Crippen molar-refractivity contribution >= 4 is 53.1 Å². The Morgan fingerprint density at radius 2 is 1.64 bits per heavy atom. The molecule has 2 aromatic rings. The minimum Gasteiger partial charge on any atom is -0.352 e. The summed E-state index contributed by atoms with van der Waals surface area (Å²) in [7, 11) is 1.73. The van der Waals surface area contributed by atoms with Crippen LogP contribution in [0.3, 0.4) is 0 Å². The van der Waals surface area contributed by atoms with Crippen molar-refractivity contribution in [1.82, 2.24) is 10.6 Å². The lowest BCUT2D eigenvalue weighted by molar-refractivity contribution is -0.116. The van der Waals surface area contributed by atoms with Gasteiger partial charge < -0.3 is 16.0 Å². The summed E-state index contributed by atoms with van der Waals surface area (Å²) in [5, 5.41) is 10.2. The highest BCUT2D eigenvalue weighted by molar-refractivity contribution is 14.0. The highest BCUT2D eigenvalue weighted by atomic mass is 127. The number of anilines is 1. The molecular weight excluding hydrogens is 487 g/mol. The van der Waals surface area contributed by atoms with Crippen molar-refractivity contribution in [2.45, 2.75) is 33.4 Å². The number of nitrogens with zero attached hydrogens (tertiary/aromatic N) is 1. The molecule has 0 saturated heterocycles. The Morgan fingerprint density at radius 1 is 1.04 bits per heavy atom. The maximum Gasteiger partial charge on any atom is 0.224 e. The molecule has 3 N–H and O–H groups in total. The zero-order valence-corrected chi connectivity index (χ0v) is 19.5. The summed E-state index contributed by atoms with van der Waals surface area (Å²) in [6, 6.07) is 15.5. The average molecular weight is 515 g/mol. The topological polar surface area (TPSA) is 65.5 Å². The van der Waals surface area contributed by atoms with Crippen LogP contribution in [0.1, 0.15) is 31.4 Å². The van der Waals surface area contributed by atoms with Crippen molar-refractivity contribution in [3.63, 3.8) is 0 Å². The Morgan fingerprint density at radius 3 is 2.21 bits per heavy atom. The number of nitrogens with one attached hydrogen (secondary N) is 3. The van der Waals surface area contributed by atoms with Crippen molar-refractivity contribution in [3.05, 3.63) is 64.7 Å². The first-order valence-corrected chi connectivity index (χ1v) is 9.42. The molecule has 0 fully saturated rings. The molecule has 0 spiro atoms. The second-order valence-corrected chi connectivity index (χ2v) is 7.19. The fourth-order valence-corrected chi connectivity index (χ4v) is 2.79. The molecule has 152 valence electrons. The van der Waals surface area contributed by atoms with Gasteiger partial charge in [-0.3, -0.25) is 9.79 Å². The lowest BCUT2D eigenvalue weighted by atomic mass is 10.1. The number of amides is 1. The van der Waals surface area contributed by atoms with E-state index in [4.69, 9.17) is 11.6 Å². The molecule has 0 aliphatic rings. The third-order valence-corrected chi connectivity index (χ3v) is 4.07. The van der Waals surface area contributed by atoms with E-state index in [1.165, 1.54) is 0 Å². The van der Waals surface area contributed by atoms with Crippen LogP contribution in [0.2, 0.25) is 5.02 Å². The van der Waals surface area contributed by atoms with Crippen LogP contribution < -0.4 is 16.0 Å². The molecule has 7 heteroatoms. The highest BCUT2D eigenvalue weighted by Gasteiger charge is 2.06. The normalized spacial score (nSPS) is 11.0. The van der Waals surface area contributed by atoms with E-state index in [1.807, 2.05) is 62.4 Å². The molecule has 0 aromatic heterocycles. The Hall–Kier alpha value is -1.80. The van der Waals surface area contributed by atoms with E-state index in [9.17, 15) is 4.79 Å². The quantitative estimate of drug-likeness (QED) is 0.282. The molecule has 0 unspecified atom stereocenters. The van der Waals surface area contributed by atoms with Gasteiger partial charge in [-0.25, -0.2) is 0 Å². The lowest BCUT2D eigenvalue weighted by Crippen LogP contribution is -2.36. The van der Waals surface area contributed by atoms with E-state index >= 15 is 0 Å². The molecule has 1 amide bonds. The van der Waals surface area contributed by atoms with E-state index in [2.05, 4.69) is 20.9 Å². The van der Waals surface area contributed by atoms with Crippen molar-refractivity contribution < 1.29 is 4.79 Å². The second kappa shape index (κ2) is 12.6. The monoisotopic (exact) mass is 514 g/mol. The smallest absolute Gasteiger partial charge is 0.224 e. The molecule has 0 radical (unpaired) electrons. The third-order valence-electron chi connectivity index (χ3n) is 3.84. The average Bonchev–Trinajstić information content (AvgIpc) is 2.61. The summed E-state index contributed by atoms with van der Waals surface area (Å²) >= 11 is 6.01. The van der Waals surface area contributed by atoms with E-state index in [-0.39, 0.29) is 29.9 Å². The molecular formula is C21H28ClIN4O. The molecule has 0 heterocycles. The maximum absolute atomic E-state index is 11.9. The van der Waals surface area contributed by atoms with Gasteiger partial charge in [0.05, 0.1) is 0 Å². The molecule has 2 aromatic carbocycles. The fraction of sp³-hybridized carbons (Fsp3) is 0.333. The number of benzene rings is 2. The van der Waals surface area contributed by atoms with Crippen LogP contribution in [0, 0.1) is 5.92 Å². The maximum atomic E-state index is 11.9. The predicted molar refractivity (Wildman–Crippen MR) is 128 cm³/mol. The van der Waals surface area contributed by atoms with Gasteiger partial charge in [0.25, 0.3) is 0 Å². The fourth-order valence-electron chi connectivity index (χ4n) is 2.58. The highest BCUT2D eigenvalue weighted by Crippen LogP contribution is 2.12. The number of carbonyl (C=O) groups excluding carboxylic acids is 1. The molecule has 0 atom stereocenters. The molecule has 0 aliphatic carbocycles. The number of hydrogen-bond donors (Lipinski definition) is 3. The van der Waals surface area contributed by atoms with Gasteiger partial charge in [0.2, 0.25) is 5.91 Å². The van der Waals surface area contributed by atoms with Crippen LogP contribution in [0.5, 0.6) is 0 Å². The van der Waals surface area contributed by atoms with Crippen LogP contribution in [0.15, 0.2) is 53.5 Å². The summed E-state index contributed by atoms with van der Waals surface area (Å²) in [4.78, 5) is 16.2. The Labute approximate surface area is 189 Å². The zero-order valence-electron chi connectivity index (χ0n) is 16.5. The van der Waals surface area contributed by atoms with Crippen molar-refractivity contribution in [1.29, 1.82) is 0 Å². The van der Waals surface area contributed by atoms with Crippen LogP contribution in [-0.2, 0) is 17.9 Å². The molecule has 0 saturated carbocycles. The van der Waals surface area contributed by atoms with Gasteiger partial charge in [0, 0.05) is 37.3 Å². The first-order valence-electron chi connectivity index (χ1n) is 9.04. The molecule has 2 rings (SSSR count). The number of halogens is 2. The largest absolute Gasteiger partial charge is 0.352 e. The zero-order chi connectivity index (χ0) is 19.6. The van der Waals surface area contributed by atoms with E-state index < -0.39 is 0 Å². The lowest BCUT2D eigenvalue weighted by Gasteiger charge is -2.13. The number of carbonyl (C=O) groups is 1. The SMILES string of the molecule is CN=C(NCc1cccc(Cl)c1)NCc1cccc(NC(=O)CC(C)C)c1.I. The minimum atomic E-state index is 0. The third kappa shape index (κ3) is 8.93. The summed E-state index contributed by atoms with van der Waals surface area (Å²) in [6.07, 6.45) is 0.516.